The Labute approximate surface area is 119 Å². The van der Waals surface area contributed by atoms with Crippen molar-refractivity contribution in [2.24, 2.45) is 5.84 Å². The molecular formula is C14H22N4O2. The van der Waals surface area contributed by atoms with E-state index < -0.39 is 6.04 Å². The van der Waals surface area contributed by atoms with Crippen molar-refractivity contribution >= 4 is 17.5 Å². The third kappa shape index (κ3) is 4.24. The number of nitrogens with two attached hydrogens (primary N) is 1. The van der Waals surface area contributed by atoms with E-state index in [2.05, 4.69) is 16.1 Å². The number of amides is 2. The zero-order chi connectivity index (χ0) is 15.3. The first-order valence-corrected chi connectivity index (χ1v) is 6.53. The molecule has 2 amide bonds. The van der Waals surface area contributed by atoms with Crippen molar-refractivity contribution in [2.45, 2.75) is 39.8 Å². The summed E-state index contributed by atoms with van der Waals surface area (Å²) in [7, 11) is 0. The molecule has 110 valence electrons. The van der Waals surface area contributed by atoms with Crippen LogP contribution in [-0.4, -0.2) is 23.9 Å². The van der Waals surface area contributed by atoms with Gasteiger partial charge in [0.05, 0.1) is 11.3 Å². The van der Waals surface area contributed by atoms with E-state index in [9.17, 15) is 9.59 Å². The quantitative estimate of drug-likeness (QED) is 0.476. The van der Waals surface area contributed by atoms with Gasteiger partial charge in [-0.1, -0.05) is 6.07 Å². The second kappa shape index (κ2) is 6.91. The smallest absolute Gasteiger partial charge is 0.254 e. The van der Waals surface area contributed by atoms with Crippen LogP contribution in [0.5, 0.6) is 0 Å². The largest absolute Gasteiger partial charge is 0.352 e. The zero-order valence-corrected chi connectivity index (χ0v) is 12.3. The van der Waals surface area contributed by atoms with Gasteiger partial charge in [0.2, 0.25) is 5.91 Å². The Hall–Kier alpha value is -2.08. The number of hydrogen-bond donors (Lipinski definition) is 4. The number of nitrogen functional groups attached to an aromatic ring is 1. The molecule has 0 fully saturated rings. The first-order chi connectivity index (χ1) is 9.35. The molecule has 1 aromatic rings. The highest BCUT2D eigenvalue weighted by atomic mass is 16.2. The SMILES string of the molecule is Cc1ccc(C(=O)NC(C)C(=O)NC(C)C)c(NN)c1. The van der Waals surface area contributed by atoms with Crippen LogP contribution in [0.2, 0.25) is 0 Å². The van der Waals surface area contributed by atoms with E-state index in [1.807, 2.05) is 26.8 Å². The number of anilines is 1. The van der Waals surface area contributed by atoms with Crippen molar-refractivity contribution in [3.8, 4) is 0 Å². The predicted molar refractivity (Wildman–Crippen MR) is 79.2 cm³/mol. The fraction of sp³-hybridized carbons (Fsp3) is 0.429. The van der Waals surface area contributed by atoms with Crippen LogP contribution >= 0.6 is 0 Å². The standard InChI is InChI=1S/C14H22N4O2/c1-8(2)16-13(19)10(4)17-14(20)11-6-5-9(3)7-12(11)18-15/h5-8,10,18H,15H2,1-4H3,(H,16,19)(H,17,20). The molecule has 1 unspecified atom stereocenters. The summed E-state index contributed by atoms with van der Waals surface area (Å²) in [4.78, 5) is 23.9. The van der Waals surface area contributed by atoms with Gasteiger partial charge in [0, 0.05) is 6.04 Å². The summed E-state index contributed by atoms with van der Waals surface area (Å²) in [5.74, 6) is 4.84. The van der Waals surface area contributed by atoms with Crippen LogP contribution in [0, 0.1) is 6.92 Å². The Bertz CT molecular complexity index is 500. The van der Waals surface area contributed by atoms with E-state index in [0.717, 1.165) is 5.56 Å². The number of carbonyl (C=O) groups excluding carboxylic acids is 2. The van der Waals surface area contributed by atoms with E-state index >= 15 is 0 Å². The highest BCUT2D eigenvalue weighted by Crippen LogP contribution is 2.16. The first kappa shape index (κ1) is 16.0. The monoisotopic (exact) mass is 278 g/mol. The number of rotatable bonds is 5. The molecule has 6 heteroatoms. The van der Waals surface area contributed by atoms with Crippen LogP contribution in [0.4, 0.5) is 5.69 Å². The van der Waals surface area contributed by atoms with Crippen LogP contribution in [0.1, 0.15) is 36.7 Å². The Morgan fingerprint density at radius 2 is 1.80 bits per heavy atom. The lowest BCUT2D eigenvalue weighted by Gasteiger charge is -2.17. The van der Waals surface area contributed by atoms with Gasteiger partial charge < -0.3 is 16.1 Å². The summed E-state index contributed by atoms with van der Waals surface area (Å²) >= 11 is 0. The maximum Gasteiger partial charge on any atom is 0.254 e. The third-order valence-electron chi connectivity index (χ3n) is 2.75. The minimum Gasteiger partial charge on any atom is -0.352 e. The summed E-state index contributed by atoms with van der Waals surface area (Å²) in [5.41, 5.74) is 4.41. The highest BCUT2D eigenvalue weighted by Gasteiger charge is 2.18. The highest BCUT2D eigenvalue weighted by molar-refractivity contribution is 6.01. The fourth-order valence-corrected chi connectivity index (χ4v) is 1.72. The van der Waals surface area contributed by atoms with Gasteiger partial charge in [-0.3, -0.25) is 15.4 Å². The Morgan fingerprint density at radius 1 is 1.15 bits per heavy atom. The third-order valence-corrected chi connectivity index (χ3v) is 2.75. The summed E-state index contributed by atoms with van der Waals surface area (Å²) in [6, 6.07) is 4.68. The van der Waals surface area contributed by atoms with Gasteiger partial charge in [-0.15, -0.1) is 0 Å². The molecule has 1 rings (SSSR count). The number of nitrogens with one attached hydrogen (secondary N) is 3. The van der Waals surface area contributed by atoms with Crippen molar-refractivity contribution in [3.05, 3.63) is 29.3 Å². The van der Waals surface area contributed by atoms with Gasteiger partial charge in [0.1, 0.15) is 6.04 Å². The lowest BCUT2D eigenvalue weighted by Crippen LogP contribution is -2.46. The molecular weight excluding hydrogens is 256 g/mol. The zero-order valence-electron chi connectivity index (χ0n) is 12.3. The van der Waals surface area contributed by atoms with E-state index in [1.165, 1.54) is 0 Å². The lowest BCUT2D eigenvalue weighted by molar-refractivity contribution is -0.123. The molecule has 0 bridgehead atoms. The molecule has 0 saturated carbocycles. The van der Waals surface area contributed by atoms with E-state index in [0.29, 0.717) is 11.3 Å². The molecule has 6 nitrogen and oxygen atoms in total. The molecule has 5 N–H and O–H groups in total. The van der Waals surface area contributed by atoms with Crippen molar-refractivity contribution in [1.82, 2.24) is 10.6 Å². The number of carbonyl (C=O) groups is 2. The second-order valence-corrected chi connectivity index (χ2v) is 5.05. The summed E-state index contributed by atoms with van der Waals surface area (Å²) in [6.45, 7) is 7.27. The fourth-order valence-electron chi connectivity index (χ4n) is 1.72. The first-order valence-electron chi connectivity index (χ1n) is 6.53. The molecule has 0 saturated heterocycles. The molecule has 0 aliphatic rings. The number of aryl methyl sites for hydroxylation is 1. The molecule has 1 aromatic carbocycles. The minimum atomic E-state index is -0.614. The van der Waals surface area contributed by atoms with E-state index in [1.54, 1.807) is 19.1 Å². The van der Waals surface area contributed by atoms with Gasteiger partial charge in [0.15, 0.2) is 0 Å². The molecule has 0 aliphatic heterocycles. The number of benzene rings is 1. The van der Waals surface area contributed by atoms with Gasteiger partial charge in [0.25, 0.3) is 5.91 Å². The van der Waals surface area contributed by atoms with Crippen LogP contribution in [0.25, 0.3) is 0 Å². The molecule has 1 atom stereocenters. The van der Waals surface area contributed by atoms with E-state index in [-0.39, 0.29) is 17.9 Å². The van der Waals surface area contributed by atoms with Crippen LogP contribution in [0.3, 0.4) is 0 Å². The van der Waals surface area contributed by atoms with Crippen molar-refractivity contribution < 1.29 is 9.59 Å². The Morgan fingerprint density at radius 3 is 2.35 bits per heavy atom. The molecule has 0 radical (unpaired) electrons. The van der Waals surface area contributed by atoms with Gasteiger partial charge >= 0.3 is 0 Å². The Balaban J connectivity index is 2.78. The average Bonchev–Trinajstić information content (AvgIpc) is 2.37. The number of hydrazine groups is 1. The maximum atomic E-state index is 12.1. The van der Waals surface area contributed by atoms with Crippen LogP contribution < -0.4 is 21.9 Å². The summed E-state index contributed by atoms with van der Waals surface area (Å²) in [5, 5.41) is 5.39. The van der Waals surface area contributed by atoms with Crippen molar-refractivity contribution in [1.29, 1.82) is 0 Å². The average molecular weight is 278 g/mol. The van der Waals surface area contributed by atoms with Gasteiger partial charge in [-0.05, 0) is 45.4 Å². The van der Waals surface area contributed by atoms with Crippen molar-refractivity contribution in [3.63, 3.8) is 0 Å². The van der Waals surface area contributed by atoms with Gasteiger partial charge in [-0.25, -0.2) is 0 Å². The van der Waals surface area contributed by atoms with E-state index in [4.69, 9.17) is 5.84 Å². The number of hydrogen-bond acceptors (Lipinski definition) is 4. The van der Waals surface area contributed by atoms with Crippen molar-refractivity contribution in [2.75, 3.05) is 5.43 Å². The Kier molecular flexibility index (Phi) is 5.52. The van der Waals surface area contributed by atoms with Crippen LogP contribution in [0.15, 0.2) is 18.2 Å². The molecule has 0 aromatic heterocycles. The predicted octanol–water partition coefficient (Wildman–Crippen LogP) is 0.924. The summed E-state index contributed by atoms with van der Waals surface area (Å²) in [6.07, 6.45) is 0. The molecule has 0 heterocycles. The molecule has 0 spiro atoms. The molecule has 0 aliphatic carbocycles. The minimum absolute atomic E-state index is 0.0301. The summed E-state index contributed by atoms with van der Waals surface area (Å²) < 4.78 is 0. The second-order valence-electron chi connectivity index (χ2n) is 5.05. The van der Waals surface area contributed by atoms with Crippen LogP contribution in [-0.2, 0) is 4.79 Å². The lowest BCUT2D eigenvalue weighted by atomic mass is 10.1. The topological polar surface area (TPSA) is 96.2 Å². The van der Waals surface area contributed by atoms with Gasteiger partial charge in [-0.2, -0.15) is 0 Å². The normalized spacial score (nSPS) is 11.9. The maximum absolute atomic E-state index is 12.1. The molecule has 20 heavy (non-hydrogen) atoms.